The van der Waals surface area contributed by atoms with Gasteiger partial charge in [0.15, 0.2) is 0 Å². The molecule has 0 heterocycles. The fourth-order valence-electron chi connectivity index (χ4n) is 1.66. The van der Waals surface area contributed by atoms with Crippen LogP contribution in [-0.2, 0) is 20.7 Å². The van der Waals surface area contributed by atoms with Crippen LogP contribution in [0.4, 0.5) is 4.39 Å². The lowest BCUT2D eigenvalue weighted by Crippen LogP contribution is -2.14. The Kier molecular flexibility index (Phi) is 5.90. The minimum Gasteiger partial charge on any atom is -0.463 e. The van der Waals surface area contributed by atoms with Gasteiger partial charge in [-0.25, -0.2) is 14.0 Å². The lowest BCUT2D eigenvalue weighted by atomic mass is 10.00. The van der Waals surface area contributed by atoms with Crippen molar-refractivity contribution in [3.05, 3.63) is 47.3 Å². The number of hydrogen-bond donors (Lipinski definition) is 0. The Labute approximate surface area is 117 Å². The maximum atomic E-state index is 13.9. The number of ether oxygens (including phenoxy) is 2. The molecule has 1 rings (SSSR count). The highest BCUT2D eigenvalue weighted by Gasteiger charge is 2.19. The normalized spacial score (nSPS) is 9.95. The number of carbonyl (C=O) groups is 2. The van der Waals surface area contributed by atoms with E-state index in [9.17, 15) is 14.0 Å². The van der Waals surface area contributed by atoms with Gasteiger partial charge in [-0.15, -0.1) is 0 Å². The predicted octanol–water partition coefficient (Wildman–Crippen LogP) is 2.66. The van der Waals surface area contributed by atoms with E-state index in [0.717, 1.165) is 0 Å². The molecule has 20 heavy (non-hydrogen) atoms. The molecular weight excluding hydrogens is 263 g/mol. The molecular formula is C15H17FO4. The molecule has 1 aromatic rings. The highest BCUT2D eigenvalue weighted by atomic mass is 19.1. The van der Waals surface area contributed by atoms with Crippen molar-refractivity contribution < 1.29 is 23.5 Å². The van der Waals surface area contributed by atoms with E-state index in [-0.39, 0.29) is 36.3 Å². The summed E-state index contributed by atoms with van der Waals surface area (Å²) in [5, 5.41) is 0. The van der Waals surface area contributed by atoms with Crippen molar-refractivity contribution in [1.29, 1.82) is 0 Å². The second-order valence-electron chi connectivity index (χ2n) is 3.99. The van der Waals surface area contributed by atoms with Crippen LogP contribution >= 0.6 is 0 Å². The zero-order valence-corrected chi connectivity index (χ0v) is 11.6. The molecule has 0 spiro atoms. The Bertz CT molecular complexity index is 523. The van der Waals surface area contributed by atoms with Gasteiger partial charge in [-0.1, -0.05) is 12.6 Å². The number of halogens is 1. The van der Waals surface area contributed by atoms with E-state index in [1.807, 2.05) is 0 Å². The summed E-state index contributed by atoms with van der Waals surface area (Å²) in [6.45, 7) is 7.29. The van der Waals surface area contributed by atoms with Crippen LogP contribution in [0.3, 0.4) is 0 Å². The molecule has 0 aliphatic rings. The molecule has 5 heteroatoms. The maximum absolute atomic E-state index is 13.9. The van der Waals surface area contributed by atoms with E-state index in [1.54, 1.807) is 13.8 Å². The SMILES string of the molecule is C=C(Cc1c(F)cccc1C(=O)OCC)C(=O)OCC. The van der Waals surface area contributed by atoms with Crippen molar-refractivity contribution in [3.63, 3.8) is 0 Å². The van der Waals surface area contributed by atoms with E-state index in [1.165, 1.54) is 18.2 Å². The van der Waals surface area contributed by atoms with Gasteiger partial charge >= 0.3 is 11.9 Å². The molecule has 0 saturated carbocycles. The van der Waals surface area contributed by atoms with Crippen LogP contribution in [0.2, 0.25) is 0 Å². The Morgan fingerprint density at radius 2 is 1.85 bits per heavy atom. The van der Waals surface area contributed by atoms with E-state index < -0.39 is 17.8 Å². The molecule has 0 aromatic heterocycles. The van der Waals surface area contributed by atoms with Gasteiger partial charge in [-0.3, -0.25) is 0 Å². The molecule has 0 fully saturated rings. The molecule has 1 aromatic carbocycles. The molecule has 0 bridgehead atoms. The maximum Gasteiger partial charge on any atom is 0.338 e. The van der Waals surface area contributed by atoms with Crippen molar-refractivity contribution in [2.45, 2.75) is 20.3 Å². The van der Waals surface area contributed by atoms with Crippen LogP contribution in [0, 0.1) is 5.82 Å². The predicted molar refractivity (Wildman–Crippen MR) is 71.8 cm³/mol. The van der Waals surface area contributed by atoms with Crippen LogP contribution in [0.25, 0.3) is 0 Å². The second-order valence-corrected chi connectivity index (χ2v) is 3.99. The summed E-state index contributed by atoms with van der Waals surface area (Å²) >= 11 is 0. The molecule has 0 aliphatic carbocycles. The van der Waals surface area contributed by atoms with Gasteiger partial charge in [0.2, 0.25) is 0 Å². The van der Waals surface area contributed by atoms with Gasteiger partial charge in [-0.2, -0.15) is 0 Å². The van der Waals surface area contributed by atoms with Gasteiger partial charge in [0, 0.05) is 17.6 Å². The zero-order chi connectivity index (χ0) is 15.1. The summed E-state index contributed by atoms with van der Waals surface area (Å²) in [4.78, 5) is 23.3. The summed E-state index contributed by atoms with van der Waals surface area (Å²) in [5.74, 6) is -1.81. The quantitative estimate of drug-likeness (QED) is 0.594. The van der Waals surface area contributed by atoms with Gasteiger partial charge in [0.05, 0.1) is 18.8 Å². The summed E-state index contributed by atoms with van der Waals surface area (Å²) in [6, 6.07) is 4.09. The third-order valence-electron chi connectivity index (χ3n) is 2.57. The third kappa shape index (κ3) is 3.91. The van der Waals surface area contributed by atoms with Gasteiger partial charge in [0.1, 0.15) is 5.82 Å². The van der Waals surface area contributed by atoms with E-state index in [0.29, 0.717) is 0 Å². The Morgan fingerprint density at radius 1 is 1.20 bits per heavy atom. The first-order valence-electron chi connectivity index (χ1n) is 6.30. The molecule has 0 aliphatic heterocycles. The third-order valence-corrected chi connectivity index (χ3v) is 2.57. The number of esters is 2. The first-order valence-corrected chi connectivity index (χ1v) is 6.30. The topological polar surface area (TPSA) is 52.6 Å². The molecule has 0 saturated heterocycles. The van der Waals surface area contributed by atoms with Crippen molar-refractivity contribution in [1.82, 2.24) is 0 Å². The lowest BCUT2D eigenvalue weighted by molar-refractivity contribution is -0.138. The van der Waals surface area contributed by atoms with Crippen LogP contribution in [0.5, 0.6) is 0 Å². The summed E-state index contributed by atoms with van der Waals surface area (Å²) < 4.78 is 23.5. The summed E-state index contributed by atoms with van der Waals surface area (Å²) in [5.41, 5.74) is 0.267. The molecule has 0 atom stereocenters. The van der Waals surface area contributed by atoms with Crippen molar-refractivity contribution in [3.8, 4) is 0 Å². The highest BCUT2D eigenvalue weighted by Crippen LogP contribution is 2.19. The monoisotopic (exact) mass is 280 g/mol. The van der Waals surface area contributed by atoms with Crippen molar-refractivity contribution >= 4 is 11.9 Å². The molecule has 0 radical (unpaired) electrons. The van der Waals surface area contributed by atoms with Crippen LogP contribution in [0.15, 0.2) is 30.4 Å². The minimum atomic E-state index is -0.626. The summed E-state index contributed by atoms with van der Waals surface area (Å²) in [7, 11) is 0. The first-order chi connectivity index (χ1) is 9.51. The van der Waals surface area contributed by atoms with E-state index in [4.69, 9.17) is 9.47 Å². The average molecular weight is 280 g/mol. The Morgan fingerprint density at radius 3 is 2.45 bits per heavy atom. The van der Waals surface area contributed by atoms with Crippen molar-refractivity contribution in [2.24, 2.45) is 0 Å². The van der Waals surface area contributed by atoms with Gasteiger partial charge in [-0.05, 0) is 26.0 Å². The molecule has 4 nitrogen and oxygen atoms in total. The zero-order valence-electron chi connectivity index (χ0n) is 11.6. The van der Waals surface area contributed by atoms with Crippen molar-refractivity contribution in [2.75, 3.05) is 13.2 Å². The van der Waals surface area contributed by atoms with E-state index in [2.05, 4.69) is 6.58 Å². The standard InChI is InChI=1S/C15H17FO4/c1-4-19-14(17)10(3)9-12-11(15(18)20-5-2)7-6-8-13(12)16/h6-8H,3-5,9H2,1-2H3. The van der Waals surface area contributed by atoms with Crippen LogP contribution in [-0.4, -0.2) is 25.2 Å². The fraction of sp³-hybridized carbons (Fsp3) is 0.333. The lowest BCUT2D eigenvalue weighted by Gasteiger charge is -2.11. The van der Waals surface area contributed by atoms with E-state index >= 15 is 0 Å². The number of carbonyl (C=O) groups excluding carboxylic acids is 2. The second kappa shape index (κ2) is 7.43. The fourth-order valence-corrected chi connectivity index (χ4v) is 1.66. The summed E-state index contributed by atoms with van der Waals surface area (Å²) in [6.07, 6.45) is -0.0976. The molecule has 0 unspecified atom stereocenters. The highest BCUT2D eigenvalue weighted by molar-refractivity contribution is 5.93. The molecule has 108 valence electrons. The first kappa shape index (κ1) is 15.9. The number of hydrogen-bond acceptors (Lipinski definition) is 4. The molecule has 0 N–H and O–H groups in total. The average Bonchev–Trinajstić information content (AvgIpc) is 2.41. The van der Waals surface area contributed by atoms with Gasteiger partial charge in [0.25, 0.3) is 0 Å². The van der Waals surface area contributed by atoms with Crippen LogP contribution < -0.4 is 0 Å². The van der Waals surface area contributed by atoms with Gasteiger partial charge < -0.3 is 9.47 Å². The Balaban J connectivity index is 3.02. The minimum absolute atomic E-state index is 0.0856. The van der Waals surface area contributed by atoms with Crippen LogP contribution in [0.1, 0.15) is 29.8 Å². The smallest absolute Gasteiger partial charge is 0.338 e. The molecule has 0 amide bonds. The Hall–Kier alpha value is -2.17. The largest absolute Gasteiger partial charge is 0.463 e. The number of rotatable bonds is 6. The number of benzene rings is 1.